The van der Waals surface area contributed by atoms with Crippen molar-refractivity contribution >= 4 is 27.5 Å². The average molecular weight is 374 g/mol. The average Bonchev–Trinajstić information content (AvgIpc) is 3.38. The van der Waals surface area contributed by atoms with Crippen LogP contribution in [0.1, 0.15) is 18.4 Å². The molecule has 4 nitrogen and oxygen atoms in total. The minimum Gasteiger partial charge on any atom is -0.486 e. The standard InChI is InChI=1S/C18H16BrNO3/c19-13-10-15-16(23-9-8-22-15)11-14(13)20-17(21)18(6-7-18)12-4-2-1-3-5-12/h1-5,10-11H,6-9H2,(H,20,21). The van der Waals surface area contributed by atoms with Crippen molar-refractivity contribution in [2.45, 2.75) is 18.3 Å². The molecule has 118 valence electrons. The summed E-state index contributed by atoms with van der Waals surface area (Å²) in [5, 5.41) is 3.04. The van der Waals surface area contributed by atoms with Gasteiger partial charge in [0.15, 0.2) is 11.5 Å². The molecule has 0 unspecified atom stereocenters. The quantitative estimate of drug-likeness (QED) is 0.887. The number of nitrogens with one attached hydrogen (secondary N) is 1. The number of ether oxygens (including phenoxy) is 2. The van der Waals surface area contributed by atoms with Crippen LogP contribution in [-0.2, 0) is 10.2 Å². The largest absolute Gasteiger partial charge is 0.486 e. The molecule has 0 bridgehead atoms. The number of halogens is 1. The van der Waals surface area contributed by atoms with Crippen molar-refractivity contribution in [2.24, 2.45) is 0 Å². The van der Waals surface area contributed by atoms with Gasteiger partial charge in [0, 0.05) is 16.6 Å². The Kier molecular flexibility index (Phi) is 3.53. The van der Waals surface area contributed by atoms with Crippen LogP contribution < -0.4 is 14.8 Å². The molecule has 1 aliphatic carbocycles. The lowest BCUT2D eigenvalue weighted by Gasteiger charge is -2.21. The lowest BCUT2D eigenvalue weighted by Crippen LogP contribution is -2.28. The second-order valence-corrected chi connectivity index (χ2v) is 6.73. The molecule has 5 heteroatoms. The number of carbonyl (C=O) groups is 1. The molecule has 1 heterocycles. The predicted molar refractivity (Wildman–Crippen MR) is 91.1 cm³/mol. The molecule has 1 fully saturated rings. The molecule has 1 saturated carbocycles. The molecular weight excluding hydrogens is 358 g/mol. The second-order valence-electron chi connectivity index (χ2n) is 5.88. The summed E-state index contributed by atoms with van der Waals surface area (Å²) in [6.07, 6.45) is 1.76. The number of hydrogen-bond donors (Lipinski definition) is 1. The van der Waals surface area contributed by atoms with E-state index in [0.717, 1.165) is 22.9 Å². The van der Waals surface area contributed by atoms with Crippen LogP contribution in [0, 0.1) is 0 Å². The number of rotatable bonds is 3. The van der Waals surface area contributed by atoms with Crippen LogP contribution >= 0.6 is 15.9 Å². The van der Waals surface area contributed by atoms with E-state index in [1.54, 1.807) is 0 Å². The van der Waals surface area contributed by atoms with Crippen molar-refractivity contribution in [1.82, 2.24) is 0 Å². The molecule has 0 spiro atoms. The molecule has 4 rings (SSSR count). The fourth-order valence-electron chi connectivity index (χ4n) is 2.93. The Morgan fingerprint density at radius 3 is 2.35 bits per heavy atom. The number of benzene rings is 2. The van der Waals surface area contributed by atoms with E-state index in [4.69, 9.17) is 9.47 Å². The summed E-state index contributed by atoms with van der Waals surface area (Å²) < 4.78 is 11.9. The highest BCUT2D eigenvalue weighted by atomic mass is 79.9. The Labute approximate surface area is 142 Å². The summed E-state index contributed by atoms with van der Waals surface area (Å²) >= 11 is 3.50. The molecule has 0 saturated heterocycles. The third-order valence-electron chi connectivity index (χ3n) is 4.39. The van der Waals surface area contributed by atoms with E-state index in [9.17, 15) is 4.79 Å². The van der Waals surface area contributed by atoms with Crippen molar-refractivity contribution < 1.29 is 14.3 Å². The number of carbonyl (C=O) groups excluding carboxylic acids is 1. The van der Waals surface area contributed by atoms with Crippen LogP contribution in [0.25, 0.3) is 0 Å². The smallest absolute Gasteiger partial charge is 0.235 e. The molecule has 1 N–H and O–H groups in total. The molecule has 2 aliphatic rings. The van der Waals surface area contributed by atoms with Gasteiger partial charge in [-0.25, -0.2) is 0 Å². The van der Waals surface area contributed by atoms with Crippen molar-refractivity contribution in [3.05, 3.63) is 52.5 Å². The molecule has 2 aromatic rings. The Morgan fingerprint density at radius 1 is 1.04 bits per heavy atom. The number of anilines is 1. The first-order valence-electron chi connectivity index (χ1n) is 7.65. The molecular formula is C18H16BrNO3. The molecule has 0 aromatic heterocycles. The SMILES string of the molecule is O=C(Nc1cc2c(cc1Br)OCCO2)C1(c2ccccc2)CC1. The van der Waals surface area contributed by atoms with Crippen molar-refractivity contribution in [3.8, 4) is 11.5 Å². The normalized spacial score (nSPS) is 17.4. The lowest BCUT2D eigenvalue weighted by atomic mass is 9.95. The van der Waals surface area contributed by atoms with Gasteiger partial charge in [0.25, 0.3) is 0 Å². The van der Waals surface area contributed by atoms with E-state index in [1.807, 2.05) is 42.5 Å². The Morgan fingerprint density at radius 2 is 1.70 bits per heavy atom. The van der Waals surface area contributed by atoms with E-state index in [1.165, 1.54) is 0 Å². The second kappa shape index (κ2) is 5.57. The minimum absolute atomic E-state index is 0.0288. The monoisotopic (exact) mass is 373 g/mol. The van der Waals surface area contributed by atoms with Gasteiger partial charge in [0.05, 0.1) is 11.1 Å². The highest BCUT2D eigenvalue weighted by molar-refractivity contribution is 9.10. The fourth-order valence-corrected chi connectivity index (χ4v) is 3.35. The zero-order valence-corrected chi connectivity index (χ0v) is 14.1. The molecule has 23 heavy (non-hydrogen) atoms. The van der Waals surface area contributed by atoms with Crippen molar-refractivity contribution in [2.75, 3.05) is 18.5 Å². The summed E-state index contributed by atoms with van der Waals surface area (Å²) in [5.74, 6) is 1.39. The van der Waals surface area contributed by atoms with Crippen molar-refractivity contribution in [1.29, 1.82) is 0 Å². The van der Waals surface area contributed by atoms with Crippen LogP contribution in [0.2, 0.25) is 0 Å². The van der Waals surface area contributed by atoms with Gasteiger partial charge in [0.2, 0.25) is 5.91 Å². The van der Waals surface area contributed by atoms with Gasteiger partial charge in [-0.05, 0) is 34.3 Å². The fraction of sp³-hybridized carbons (Fsp3) is 0.278. The topological polar surface area (TPSA) is 47.6 Å². The predicted octanol–water partition coefficient (Wildman–Crippen LogP) is 3.89. The first kappa shape index (κ1) is 14.6. The van der Waals surface area contributed by atoms with Crippen LogP contribution in [0.3, 0.4) is 0 Å². The molecule has 1 aliphatic heterocycles. The summed E-state index contributed by atoms with van der Waals surface area (Å²) in [5.41, 5.74) is 1.39. The number of fused-ring (bicyclic) bond motifs is 1. The number of amides is 1. The summed E-state index contributed by atoms with van der Waals surface area (Å²) in [6.45, 7) is 1.07. The minimum atomic E-state index is -0.395. The van der Waals surface area contributed by atoms with Gasteiger partial charge < -0.3 is 14.8 Å². The highest BCUT2D eigenvalue weighted by Gasteiger charge is 2.51. The summed E-state index contributed by atoms with van der Waals surface area (Å²) in [6, 6.07) is 13.6. The van der Waals surface area contributed by atoms with Gasteiger partial charge >= 0.3 is 0 Å². The summed E-state index contributed by atoms with van der Waals surface area (Å²) in [4.78, 5) is 12.8. The zero-order valence-electron chi connectivity index (χ0n) is 12.5. The van der Waals surface area contributed by atoms with Crippen LogP contribution in [-0.4, -0.2) is 19.1 Å². The van der Waals surface area contributed by atoms with Crippen LogP contribution in [0.5, 0.6) is 11.5 Å². The maximum Gasteiger partial charge on any atom is 0.235 e. The van der Waals surface area contributed by atoms with E-state index >= 15 is 0 Å². The van der Waals surface area contributed by atoms with Gasteiger partial charge in [0.1, 0.15) is 13.2 Å². The Bertz CT molecular complexity index is 756. The van der Waals surface area contributed by atoms with E-state index in [2.05, 4.69) is 21.2 Å². The third kappa shape index (κ3) is 2.59. The van der Waals surface area contributed by atoms with E-state index in [0.29, 0.717) is 30.4 Å². The Balaban J connectivity index is 1.60. The van der Waals surface area contributed by atoms with Gasteiger partial charge in [-0.3, -0.25) is 4.79 Å². The maximum atomic E-state index is 12.8. The molecule has 1 amide bonds. The first-order valence-corrected chi connectivity index (χ1v) is 8.44. The third-order valence-corrected chi connectivity index (χ3v) is 5.05. The Hall–Kier alpha value is -2.01. The first-order chi connectivity index (χ1) is 11.2. The van der Waals surface area contributed by atoms with Gasteiger partial charge in [-0.2, -0.15) is 0 Å². The number of hydrogen-bond acceptors (Lipinski definition) is 3. The summed E-state index contributed by atoms with van der Waals surface area (Å²) in [7, 11) is 0. The van der Waals surface area contributed by atoms with Crippen LogP contribution in [0.15, 0.2) is 46.9 Å². The lowest BCUT2D eigenvalue weighted by molar-refractivity contribution is -0.118. The van der Waals surface area contributed by atoms with Gasteiger partial charge in [-0.1, -0.05) is 30.3 Å². The maximum absolute atomic E-state index is 12.8. The van der Waals surface area contributed by atoms with E-state index in [-0.39, 0.29) is 5.91 Å². The van der Waals surface area contributed by atoms with Crippen LogP contribution in [0.4, 0.5) is 5.69 Å². The molecule has 0 atom stereocenters. The molecule has 2 aromatic carbocycles. The van der Waals surface area contributed by atoms with Crippen molar-refractivity contribution in [3.63, 3.8) is 0 Å². The highest BCUT2D eigenvalue weighted by Crippen LogP contribution is 2.49. The van der Waals surface area contributed by atoms with Gasteiger partial charge in [-0.15, -0.1) is 0 Å². The zero-order chi connectivity index (χ0) is 15.9. The molecule has 0 radical (unpaired) electrons. The van der Waals surface area contributed by atoms with E-state index < -0.39 is 5.41 Å².